The number of hydrogen-bond donors (Lipinski definition) is 1. The molecule has 2 aromatic heterocycles. The van der Waals surface area contributed by atoms with E-state index < -0.39 is 0 Å². The Morgan fingerprint density at radius 1 is 1.16 bits per heavy atom. The van der Waals surface area contributed by atoms with Crippen LogP contribution in [0, 0.1) is 6.92 Å². The number of carbonyl (C=O) groups excluding carboxylic acids is 2. The molecule has 2 aromatic carbocycles. The van der Waals surface area contributed by atoms with E-state index in [-0.39, 0.29) is 17.9 Å². The molecule has 5 rings (SSSR count). The van der Waals surface area contributed by atoms with Crippen LogP contribution in [0.3, 0.4) is 0 Å². The zero-order valence-electron chi connectivity index (χ0n) is 21.7. The molecule has 38 heavy (non-hydrogen) atoms. The second kappa shape index (κ2) is 10.5. The Bertz CT molecular complexity index is 1510. The van der Waals surface area contributed by atoms with E-state index in [1.54, 1.807) is 16.8 Å². The number of amides is 2. The highest BCUT2D eigenvalue weighted by atomic mass is 16.2. The molecule has 1 saturated heterocycles. The molecule has 0 saturated carbocycles. The number of nitrogen functional groups attached to an aromatic ring is 1. The molecule has 1 atom stereocenters. The summed E-state index contributed by atoms with van der Waals surface area (Å²) in [5, 5.41) is 5.63. The number of nitrogens with zero attached hydrogens (tertiary/aromatic N) is 6. The standard InChI is InChI=1S/C29H31N7O2/c1-4-24(37)35-15-7-9-22(17-35)36-28-25(27(30)31-18-32-28)26(33-36)21-13-11-20(12-14-21)16-34(3)29(38)23-10-6-5-8-19(23)2/h4-6,8,10-14,18,22H,1,7,9,15-17H2,2-3H3,(H2,30,31,32)/t22-/m1/s1. The third-order valence-electron chi connectivity index (χ3n) is 7.12. The van der Waals surface area contributed by atoms with E-state index in [0.29, 0.717) is 47.7 Å². The maximum Gasteiger partial charge on any atom is 0.254 e. The molecule has 3 heterocycles. The fourth-order valence-electron chi connectivity index (χ4n) is 5.07. The summed E-state index contributed by atoms with van der Waals surface area (Å²) in [6.45, 7) is 7.27. The van der Waals surface area contributed by atoms with Crippen molar-refractivity contribution in [2.75, 3.05) is 25.9 Å². The molecule has 2 amide bonds. The molecular formula is C29H31N7O2. The smallest absolute Gasteiger partial charge is 0.254 e. The minimum absolute atomic E-state index is 0.0155. The SMILES string of the molecule is C=CC(=O)N1CCC[C@@H](n2nc(-c3ccc(CN(C)C(=O)c4ccccc4C)cc3)c3c(N)ncnc32)C1. The lowest BCUT2D eigenvalue weighted by atomic mass is 10.1. The van der Waals surface area contributed by atoms with E-state index >= 15 is 0 Å². The fourth-order valence-corrected chi connectivity index (χ4v) is 5.07. The van der Waals surface area contributed by atoms with Crippen molar-refractivity contribution in [3.8, 4) is 11.3 Å². The lowest BCUT2D eigenvalue weighted by Gasteiger charge is -2.32. The lowest BCUT2D eigenvalue weighted by molar-refractivity contribution is -0.127. The number of piperidine rings is 1. The highest BCUT2D eigenvalue weighted by molar-refractivity contribution is 5.98. The molecule has 4 aromatic rings. The summed E-state index contributed by atoms with van der Waals surface area (Å²) < 4.78 is 1.88. The Balaban J connectivity index is 1.42. The number of fused-ring (bicyclic) bond motifs is 1. The van der Waals surface area contributed by atoms with Gasteiger partial charge in [-0.25, -0.2) is 14.6 Å². The average molecular weight is 510 g/mol. The number of benzene rings is 2. The normalized spacial score (nSPS) is 15.4. The first-order chi connectivity index (χ1) is 18.4. The van der Waals surface area contributed by atoms with Crippen LogP contribution in [0.2, 0.25) is 0 Å². The van der Waals surface area contributed by atoms with Crippen LogP contribution >= 0.6 is 0 Å². The van der Waals surface area contributed by atoms with Crippen LogP contribution in [0.1, 0.15) is 40.4 Å². The average Bonchev–Trinajstić information content (AvgIpc) is 3.34. The fraction of sp³-hybridized carbons (Fsp3) is 0.276. The van der Waals surface area contributed by atoms with E-state index in [4.69, 9.17) is 10.8 Å². The number of aryl methyl sites for hydroxylation is 1. The van der Waals surface area contributed by atoms with Crippen molar-refractivity contribution in [3.05, 3.63) is 84.2 Å². The molecule has 0 aliphatic carbocycles. The summed E-state index contributed by atoms with van der Waals surface area (Å²) in [6.07, 6.45) is 4.54. The van der Waals surface area contributed by atoms with E-state index in [0.717, 1.165) is 29.5 Å². The molecule has 0 bridgehead atoms. The summed E-state index contributed by atoms with van der Waals surface area (Å²) in [5.41, 5.74) is 11.2. The quantitative estimate of drug-likeness (QED) is 0.393. The molecular weight excluding hydrogens is 478 g/mol. The van der Waals surface area contributed by atoms with Gasteiger partial charge in [0.05, 0.1) is 11.4 Å². The number of rotatable bonds is 6. The van der Waals surface area contributed by atoms with E-state index in [1.165, 1.54) is 12.4 Å². The van der Waals surface area contributed by atoms with Gasteiger partial charge < -0.3 is 15.5 Å². The molecule has 0 spiro atoms. The zero-order valence-corrected chi connectivity index (χ0v) is 21.7. The summed E-state index contributed by atoms with van der Waals surface area (Å²) >= 11 is 0. The van der Waals surface area contributed by atoms with Crippen LogP contribution in [0.4, 0.5) is 5.82 Å². The predicted molar refractivity (Wildman–Crippen MR) is 147 cm³/mol. The summed E-state index contributed by atoms with van der Waals surface area (Å²) in [4.78, 5) is 37.4. The largest absolute Gasteiger partial charge is 0.383 e. The van der Waals surface area contributed by atoms with Crippen molar-refractivity contribution < 1.29 is 9.59 Å². The number of hydrogen-bond acceptors (Lipinski definition) is 6. The molecule has 1 fully saturated rings. The van der Waals surface area contributed by atoms with Gasteiger partial charge in [0.25, 0.3) is 5.91 Å². The minimum atomic E-state index is -0.0815. The van der Waals surface area contributed by atoms with Crippen LogP contribution < -0.4 is 5.73 Å². The predicted octanol–water partition coefficient (Wildman–Crippen LogP) is 4.01. The summed E-state index contributed by atoms with van der Waals surface area (Å²) in [7, 11) is 1.81. The molecule has 1 aliphatic rings. The highest BCUT2D eigenvalue weighted by Gasteiger charge is 2.28. The Labute approximate surface area is 221 Å². The number of likely N-dealkylation sites (tertiary alicyclic amines) is 1. The molecule has 0 radical (unpaired) electrons. The van der Waals surface area contributed by atoms with E-state index in [9.17, 15) is 9.59 Å². The van der Waals surface area contributed by atoms with Gasteiger partial charge in [0.1, 0.15) is 17.8 Å². The van der Waals surface area contributed by atoms with Crippen molar-refractivity contribution in [1.82, 2.24) is 29.5 Å². The van der Waals surface area contributed by atoms with Gasteiger partial charge in [-0.3, -0.25) is 9.59 Å². The third kappa shape index (κ3) is 4.74. The van der Waals surface area contributed by atoms with Crippen LogP contribution in [0.5, 0.6) is 0 Å². The first kappa shape index (κ1) is 25.1. The van der Waals surface area contributed by atoms with E-state index in [1.807, 2.05) is 60.1 Å². The topological polar surface area (TPSA) is 110 Å². The van der Waals surface area contributed by atoms with Gasteiger partial charge in [-0.2, -0.15) is 5.10 Å². The molecule has 9 heteroatoms. The van der Waals surface area contributed by atoms with Gasteiger partial charge in [-0.1, -0.05) is 49.0 Å². The van der Waals surface area contributed by atoms with Crippen molar-refractivity contribution in [3.63, 3.8) is 0 Å². The lowest BCUT2D eigenvalue weighted by Crippen LogP contribution is -2.40. The second-order valence-corrected chi connectivity index (χ2v) is 9.71. The Morgan fingerprint density at radius 3 is 2.66 bits per heavy atom. The molecule has 1 aliphatic heterocycles. The maximum absolute atomic E-state index is 12.9. The number of carbonyl (C=O) groups is 2. The van der Waals surface area contributed by atoms with Crippen LogP contribution in [0.15, 0.2) is 67.5 Å². The van der Waals surface area contributed by atoms with Gasteiger partial charge in [-0.15, -0.1) is 0 Å². The van der Waals surface area contributed by atoms with Crippen molar-refractivity contribution in [2.24, 2.45) is 0 Å². The maximum atomic E-state index is 12.9. The third-order valence-corrected chi connectivity index (χ3v) is 7.12. The first-order valence-electron chi connectivity index (χ1n) is 12.7. The first-order valence-corrected chi connectivity index (χ1v) is 12.7. The van der Waals surface area contributed by atoms with E-state index in [2.05, 4.69) is 16.5 Å². The van der Waals surface area contributed by atoms with Crippen LogP contribution in [-0.2, 0) is 11.3 Å². The van der Waals surface area contributed by atoms with Crippen LogP contribution in [0.25, 0.3) is 22.3 Å². The second-order valence-electron chi connectivity index (χ2n) is 9.71. The van der Waals surface area contributed by atoms with Gasteiger partial charge in [-0.05, 0) is 43.0 Å². The number of anilines is 1. The Kier molecular flexibility index (Phi) is 6.91. The summed E-state index contributed by atoms with van der Waals surface area (Å²) in [5.74, 6) is 0.263. The van der Waals surface area contributed by atoms with Crippen molar-refractivity contribution in [2.45, 2.75) is 32.4 Å². The van der Waals surface area contributed by atoms with Crippen molar-refractivity contribution >= 4 is 28.7 Å². The summed E-state index contributed by atoms with van der Waals surface area (Å²) in [6, 6.07) is 15.5. The van der Waals surface area contributed by atoms with Gasteiger partial charge >= 0.3 is 0 Å². The zero-order chi connectivity index (χ0) is 26.8. The Hall–Kier alpha value is -4.53. The number of aromatic nitrogens is 4. The van der Waals surface area contributed by atoms with Crippen molar-refractivity contribution in [1.29, 1.82) is 0 Å². The van der Waals surface area contributed by atoms with Gasteiger partial charge in [0, 0.05) is 37.8 Å². The monoisotopic (exact) mass is 509 g/mol. The van der Waals surface area contributed by atoms with Crippen LogP contribution in [-0.4, -0.2) is 61.5 Å². The van der Waals surface area contributed by atoms with Gasteiger partial charge in [0.15, 0.2) is 5.65 Å². The highest BCUT2D eigenvalue weighted by Crippen LogP contribution is 2.34. The Morgan fingerprint density at radius 2 is 1.92 bits per heavy atom. The molecule has 0 unspecified atom stereocenters. The van der Waals surface area contributed by atoms with Gasteiger partial charge in [0.2, 0.25) is 5.91 Å². The molecule has 9 nitrogen and oxygen atoms in total. The minimum Gasteiger partial charge on any atom is -0.383 e. The molecule has 2 N–H and O–H groups in total. The molecule has 194 valence electrons. The number of nitrogens with two attached hydrogens (primary N) is 1.